The standard InChI is InChI=1S/C20H23F3N2O5/c1-3-29-18(26)15-16(24-19(27)25-17(15)20(21,22)23)11-8-9-13(28-2)14(10-11)30-12-6-4-5-7-12/h8-10,12,16H,3-7H2,1-2H3,(H2,24,25,27). The van der Waals surface area contributed by atoms with E-state index in [4.69, 9.17) is 14.2 Å². The minimum Gasteiger partial charge on any atom is -0.493 e. The largest absolute Gasteiger partial charge is 0.493 e. The average Bonchev–Trinajstić information content (AvgIpc) is 3.19. The molecule has 1 heterocycles. The van der Waals surface area contributed by atoms with Gasteiger partial charge < -0.3 is 24.8 Å². The van der Waals surface area contributed by atoms with Crippen molar-refractivity contribution in [3.8, 4) is 11.5 Å². The van der Waals surface area contributed by atoms with Gasteiger partial charge in [-0.25, -0.2) is 9.59 Å². The number of hydrogen-bond acceptors (Lipinski definition) is 5. The van der Waals surface area contributed by atoms with Gasteiger partial charge in [0, 0.05) is 0 Å². The molecule has 2 amide bonds. The number of carbonyl (C=O) groups is 2. The van der Waals surface area contributed by atoms with E-state index in [1.807, 2.05) is 0 Å². The van der Waals surface area contributed by atoms with E-state index in [1.165, 1.54) is 32.2 Å². The molecule has 1 aromatic rings. The topological polar surface area (TPSA) is 85.9 Å². The summed E-state index contributed by atoms with van der Waals surface area (Å²) in [6.07, 6.45) is -1.19. The Morgan fingerprint density at radius 3 is 2.50 bits per heavy atom. The number of amides is 2. The predicted molar refractivity (Wildman–Crippen MR) is 100 cm³/mol. The van der Waals surface area contributed by atoms with Gasteiger partial charge in [0.15, 0.2) is 11.5 Å². The molecule has 1 aromatic carbocycles. The molecule has 0 bridgehead atoms. The number of urea groups is 1. The normalized spacial score (nSPS) is 19.9. The van der Waals surface area contributed by atoms with Crippen molar-refractivity contribution in [1.82, 2.24) is 10.6 Å². The molecule has 7 nitrogen and oxygen atoms in total. The van der Waals surface area contributed by atoms with Crippen molar-refractivity contribution in [2.24, 2.45) is 0 Å². The first kappa shape index (κ1) is 21.8. The summed E-state index contributed by atoms with van der Waals surface area (Å²) in [4.78, 5) is 24.4. The summed E-state index contributed by atoms with van der Waals surface area (Å²) in [5.41, 5.74) is -1.92. The van der Waals surface area contributed by atoms with Crippen LogP contribution in [0.2, 0.25) is 0 Å². The number of halogens is 3. The van der Waals surface area contributed by atoms with Crippen LogP contribution in [0, 0.1) is 0 Å². The molecule has 1 atom stereocenters. The minimum atomic E-state index is -4.95. The smallest absolute Gasteiger partial charge is 0.432 e. The Labute approximate surface area is 171 Å². The van der Waals surface area contributed by atoms with Gasteiger partial charge >= 0.3 is 18.2 Å². The van der Waals surface area contributed by atoms with E-state index in [0.717, 1.165) is 25.7 Å². The van der Waals surface area contributed by atoms with Crippen LogP contribution < -0.4 is 20.1 Å². The zero-order valence-electron chi connectivity index (χ0n) is 16.6. The Kier molecular flexibility index (Phi) is 6.42. The fraction of sp³-hybridized carbons (Fsp3) is 0.500. The van der Waals surface area contributed by atoms with Gasteiger partial charge in [-0.2, -0.15) is 13.2 Å². The molecule has 30 heavy (non-hydrogen) atoms. The van der Waals surface area contributed by atoms with Crippen molar-refractivity contribution in [1.29, 1.82) is 0 Å². The Bertz CT molecular complexity index is 847. The van der Waals surface area contributed by atoms with E-state index in [9.17, 15) is 22.8 Å². The highest BCUT2D eigenvalue weighted by atomic mass is 19.4. The second kappa shape index (κ2) is 8.85. The lowest BCUT2D eigenvalue weighted by atomic mass is 9.94. The number of hydrogen-bond donors (Lipinski definition) is 2. The van der Waals surface area contributed by atoms with E-state index in [2.05, 4.69) is 5.32 Å². The van der Waals surface area contributed by atoms with Gasteiger partial charge in [0.1, 0.15) is 5.70 Å². The Hall–Kier alpha value is -2.91. The third kappa shape index (κ3) is 4.63. The summed E-state index contributed by atoms with van der Waals surface area (Å²) >= 11 is 0. The molecule has 164 valence electrons. The highest BCUT2D eigenvalue weighted by molar-refractivity contribution is 5.95. The van der Waals surface area contributed by atoms with Gasteiger partial charge in [-0.15, -0.1) is 0 Å². The Balaban J connectivity index is 2.06. The summed E-state index contributed by atoms with van der Waals surface area (Å²) in [6.45, 7) is 1.36. The van der Waals surface area contributed by atoms with Gasteiger partial charge in [-0.3, -0.25) is 0 Å². The molecular weight excluding hydrogens is 405 g/mol. The number of carbonyl (C=O) groups excluding carboxylic acids is 2. The maximum Gasteiger partial charge on any atom is 0.432 e. The molecule has 3 rings (SSSR count). The van der Waals surface area contributed by atoms with Crippen LogP contribution in [0.15, 0.2) is 29.5 Å². The van der Waals surface area contributed by atoms with Crippen LogP contribution in [0.5, 0.6) is 11.5 Å². The van der Waals surface area contributed by atoms with Crippen LogP contribution in [0.25, 0.3) is 0 Å². The van der Waals surface area contributed by atoms with Crippen molar-refractivity contribution in [3.05, 3.63) is 35.0 Å². The highest BCUT2D eigenvalue weighted by Gasteiger charge is 2.46. The van der Waals surface area contributed by atoms with Crippen LogP contribution in [0.3, 0.4) is 0 Å². The summed E-state index contributed by atoms with van der Waals surface area (Å²) in [6, 6.07) is 2.05. The first-order valence-corrected chi connectivity index (χ1v) is 9.65. The monoisotopic (exact) mass is 428 g/mol. The molecule has 1 fully saturated rings. The number of rotatable bonds is 6. The van der Waals surface area contributed by atoms with Gasteiger partial charge in [0.05, 0.1) is 31.4 Å². The predicted octanol–water partition coefficient (Wildman–Crippen LogP) is 3.75. The third-order valence-corrected chi connectivity index (χ3v) is 4.97. The van der Waals surface area contributed by atoms with E-state index >= 15 is 0 Å². The van der Waals surface area contributed by atoms with E-state index < -0.39 is 35.5 Å². The second-order valence-corrected chi connectivity index (χ2v) is 6.97. The zero-order valence-corrected chi connectivity index (χ0v) is 16.6. The highest BCUT2D eigenvalue weighted by Crippen LogP contribution is 2.39. The molecule has 1 aliphatic heterocycles. The summed E-state index contributed by atoms with van der Waals surface area (Å²) in [7, 11) is 1.45. The van der Waals surface area contributed by atoms with Crippen LogP contribution in [0.4, 0.5) is 18.0 Å². The molecule has 0 radical (unpaired) electrons. The Morgan fingerprint density at radius 1 is 1.20 bits per heavy atom. The first-order valence-electron chi connectivity index (χ1n) is 9.65. The fourth-order valence-corrected chi connectivity index (χ4v) is 3.62. The quantitative estimate of drug-likeness (QED) is 0.674. The summed E-state index contributed by atoms with van der Waals surface area (Å²) < 4.78 is 56.8. The molecule has 0 saturated heterocycles. The van der Waals surface area contributed by atoms with Gasteiger partial charge in [0.2, 0.25) is 0 Å². The number of ether oxygens (including phenoxy) is 3. The first-order chi connectivity index (χ1) is 14.2. The second-order valence-electron chi connectivity index (χ2n) is 6.97. The van der Waals surface area contributed by atoms with Crippen molar-refractivity contribution in [2.45, 2.75) is 50.9 Å². The average molecular weight is 428 g/mol. The minimum absolute atomic E-state index is 0.0254. The molecule has 2 aliphatic rings. The van der Waals surface area contributed by atoms with E-state index in [1.54, 1.807) is 5.32 Å². The summed E-state index contributed by atoms with van der Waals surface area (Å²) in [5.74, 6) is -0.425. The molecule has 1 aliphatic carbocycles. The number of methoxy groups -OCH3 is 1. The lowest BCUT2D eigenvalue weighted by Crippen LogP contribution is -2.49. The van der Waals surface area contributed by atoms with Crippen LogP contribution >= 0.6 is 0 Å². The van der Waals surface area contributed by atoms with Gasteiger partial charge in [0.25, 0.3) is 0 Å². The number of allylic oxidation sites excluding steroid dienone is 1. The lowest BCUT2D eigenvalue weighted by molar-refractivity contribution is -0.140. The Morgan fingerprint density at radius 2 is 1.90 bits per heavy atom. The van der Waals surface area contributed by atoms with Crippen molar-refractivity contribution in [3.63, 3.8) is 0 Å². The molecular formula is C20H23F3N2O5. The van der Waals surface area contributed by atoms with E-state index in [-0.39, 0.29) is 18.3 Å². The van der Waals surface area contributed by atoms with Crippen molar-refractivity contribution in [2.75, 3.05) is 13.7 Å². The molecule has 10 heteroatoms. The van der Waals surface area contributed by atoms with Crippen LogP contribution in [0.1, 0.15) is 44.2 Å². The van der Waals surface area contributed by atoms with E-state index in [0.29, 0.717) is 11.5 Å². The molecule has 1 saturated carbocycles. The van der Waals surface area contributed by atoms with Crippen LogP contribution in [-0.4, -0.2) is 38.0 Å². The van der Waals surface area contributed by atoms with Crippen LogP contribution in [-0.2, 0) is 9.53 Å². The van der Waals surface area contributed by atoms with Crippen molar-refractivity contribution >= 4 is 12.0 Å². The number of nitrogens with one attached hydrogen (secondary N) is 2. The number of esters is 1. The SMILES string of the molecule is CCOC(=O)C1=C(C(F)(F)F)NC(=O)NC1c1ccc(OC)c(OC2CCCC2)c1. The number of benzene rings is 1. The third-order valence-electron chi connectivity index (χ3n) is 4.97. The fourth-order valence-electron chi connectivity index (χ4n) is 3.62. The molecule has 1 unspecified atom stereocenters. The maximum absolute atomic E-state index is 13.6. The maximum atomic E-state index is 13.6. The lowest BCUT2D eigenvalue weighted by Gasteiger charge is -2.30. The molecule has 0 spiro atoms. The van der Waals surface area contributed by atoms with Gasteiger partial charge in [-0.1, -0.05) is 6.07 Å². The molecule has 2 N–H and O–H groups in total. The number of alkyl halides is 3. The van der Waals surface area contributed by atoms with Gasteiger partial charge in [-0.05, 0) is 50.3 Å². The zero-order chi connectivity index (χ0) is 21.9. The summed E-state index contributed by atoms with van der Waals surface area (Å²) in [5, 5.41) is 4.07. The molecule has 0 aromatic heterocycles. The van der Waals surface area contributed by atoms with Crippen molar-refractivity contribution < 1.29 is 37.0 Å².